The maximum absolute atomic E-state index is 12.7. The van der Waals surface area contributed by atoms with Gasteiger partial charge in [-0.1, -0.05) is 231 Å². The van der Waals surface area contributed by atoms with E-state index in [1.165, 1.54) is 128 Å². The molecule has 1 atom stereocenters. The number of carbonyl (C=O) groups excluding carboxylic acids is 3. The quantitative estimate of drug-likeness (QED) is 0.0264. The summed E-state index contributed by atoms with van der Waals surface area (Å²) in [7, 11) is 0. The fraction of sp³-hybridized carbons (Fsp3) is 0.824. The Labute approximate surface area is 353 Å². The van der Waals surface area contributed by atoms with Crippen LogP contribution in [-0.2, 0) is 28.6 Å². The van der Waals surface area contributed by atoms with Crippen molar-refractivity contribution in [2.24, 2.45) is 0 Å². The normalized spacial score (nSPS) is 12.3. The molecular weight excluding hydrogens is 709 g/mol. The minimum absolute atomic E-state index is 0.0748. The first-order valence-electron chi connectivity index (χ1n) is 24.5. The van der Waals surface area contributed by atoms with Gasteiger partial charge in [-0.05, 0) is 38.5 Å². The number of rotatable bonds is 44. The molecule has 0 radical (unpaired) electrons. The van der Waals surface area contributed by atoms with Crippen LogP contribution in [-0.4, -0.2) is 37.2 Å². The van der Waals surface area contributed by atoms with Crippen LogP contribution in [0.25, 0.3) is 0 Å². The average molecular weight is 801 g/mol. The molecule has 0 rings (SSSR count). The number of hydrogen-bond donors (Lipinski definition) is 0. The van der Waals surface area contributed by atoms with Gasteiger partial charge in [-0.15, -0.1) is 0 Å². The number of carbonyl (C=O) groups is 3. The Bertz CT molecular complexity index is 969. The number of unbranched alkanes of at least 4 members (excludes halogenated alkanes) is 29. The van der Waals surface area contributed by atoms with E-state index in [2.05, 4.69) is 57.2 Å². The predicted molar refractivity (Wildman–Crippen MR) is 242 cm³/mol. The summed E-state index contributed by atoms with van der Waals surface area (Å²) >= 11 is 0. The summed E-state index contributed by atoms with van der Waals surface area (Å²) in [5.74, 6) is -0.887. The van der Waals surface area contributed by atoms with E-state index < -0.39 is 6.10 Å². The molecule has 0 amide bonds. The van der Waals surface area contributed by atoms with Crippen LogP contribution in [0.4, 0.5) is 0 Å². The third kappa shape index (κ3) is 44.6. The van der Waals surface area contributed by atoms with E-state index in [1.54, 1.807) is 0 Å². The van der Waals surface area contributed by atoms with Crippen molar-refractivity contribution in [3.63, 3.8) is 0 Å². The lowest BCUT2D eigenvalue weighted by molar-refractivity contribution is -0.167. The molecule has 1 unspecified atom stereocenters. The summed E-state index contributed by atoms with van der Waals surface area (Å²) in [5, 5.41) is 0. The Hall–Kier alpha value is -2.37. The molecule has 332 valence electrons. The molecule has 0 bridgehead atoms. The summed E-state index contributed by atoms with van der Waals surface area (Å²) in [5.41, 5.74) is 0. The summed E-state index contributed by atoms with van der Waals surface area (Å²) in [6, 6.07) is 0. The molecule has 0 aliphatic carbocycles. The van der Waals surface area contributed by atoms with E-state index in [-0.39, 0.29) is 31.1 Å². The predicted octanol–water partition coefficient (Wildman–Crippen LogP) is 15.8. The van der Waals surface area contributed by atoms with Gasteiger partial charge in [0.2, 0.25) is 0 Å². The largest absolute Gasteiger partial charge is 0.462 e. The van der Waals surface area contributed by atoms with Gasteiger partial charge in [-0.2, -0.15) is 0 Å². The molecule has 6 nitrogen and oxygen atoms in total. The Balaban J connectivity index is 4.37. The number of esters is 3. The highest BCUT2D eigenvalue weighted by molar-refractivity contribution is 5.71. The van der Waals surface area contributed by atoms with Crippen LogP contribution in [0.1, 0.15) is 252 Å². The lowest BCUT2D eigenvalue weighted by Gasteiger charge is -2.18. The van der Waals surface area contributed by atoms with Gasteiger partial charge in [0.25, 0.3) is 0 Å². The van der Waals surface area contributed by atoms with Crippen molar-refractivity contribution in [3.8, 4) is 0 Å². The first kappa shape index (κ1) is 54.6. The summed E-state index contributed by atoms with van der Waals surface area (Å²) in [4.78, 5) is 37.8. The second-order valence-corrected chi connectivity index (χ2v) is 16.4. The fourth-order valence-corrected chi connectivity index (χ4v) is 7.03. The maximum Gasteiger partial charge on any atom is 0.306 e. The van der Waals surface area contributed by atoms with Gasteiger partial charge in [0.15, 0.2) is 6.10 Å². The summed E-state index contributed by atoms with van der Waals surface area (Å²) in [6.45, 7) is 6.50. The molecule has 0 heterocycles. The molecule has 0 aliphatic heterocycles. The molecule has 0 fully saturated rings. The van der Waals surface area contributed by atoms with E-state index in [9.17, 15) is 14.4 Å². The monoisotopic (exact) mass is 801 g/mol. The Morgan fingerprint density at radius 2 is 0.684 bits per heavy atom. The van der Waals surface area contributed by atoms with Crippen LogP contribution in [0.3, 0.4) is 0 Å². The van der Waals surface area contributed by atoms with Crippen molar-refractivity contribution < 1.29 is 28.6 Å². The molecule has 57 heavy (non-hydrogen) atoms. The van der Waals surface area contributed by atoms with Crippen molar-refractivity contribution in [1.82, 2.24) is 0 Å². The Morgan fingerprint density at radius 3 is 1.05 bits per heavy atom. The van der Waals surface area contributed by atoms with Crippen molar-refractivity contribution in [2.45, 2.75) is 258 Å². The van der Waals surface area contributed by atoms with Crippen LogP contribution < -0.4 is 0 Å². The molecule has 0 spiro atoms. The molecule has 0 saturated heterocycles. The molecule has 0 aliphatic rings. The molecule has 0 N–H and O–H groups in total. The van der Waals surface area contributed by atoms with Gasteiger partial charge < -0.3 is 14.2 Å². The smallest absolute Gasteiger partial charge is 0.306 e. The highest BCUT2D eigenvalue weighted by Gasteiger charge is 2.19. The van der Waals surface area contributed by atoms with Crippen molar-refractivity contribution in [3.05, 3.63) is 36.5 Å². The SMILES string of the molecule is CC/C=C/C=C/C=C/CCCCCCCC(=O)OCC(COC(=O)CCCCCCCCCCCCCCC)OC(=O)CCCCCCCCCCCCCCC. The lowest BCUT2D eigenvalue weighted by Crippen LogP contribution is -2.30. The van der Waals surface area contributed by atoms with Gasteiger partial charge in [0.05, 0.1) is 0 Å². The first-order valence-corrected chi connectivity index (χ1v) is 24.5. The van der Waals surface area contributed by atoms with Crippen LogP contribution in [0, 0.1) is 0 Å². The van der Waals surface area contributed by atoms with Crippen molar-refractivity contribution in [1.29, 1.82) is 0 Å². The zero-order valence-corrected chi connectivity index (χ0v) is 37.9. The fourth-order valence-electron chi connectivity index (χ4n) is 7.03. The molecule has 0 saturated carbocycles. The zero-order chi connectivity index (χ0) is 41.5. The van der Waals surface area contributed by atoms with Gasteiger partial charge in [0.1, 0.15) is 13.2 Å². The second kappa shape index (κ2) is 46.3. The summed E-state index contributed by atoms with van der Waals surface area (Å²) in [6.07, 6.45) is 52.6. The molecule has 0 aromatic rings. The highest BCUT2D eigenvalue weighted by atomic mass is 16.6. The zero-order valence-electron chi connectivity index (χ0n) is 37.9. The minimum Gasteiger partial charge on any atom is -0.462 e. The Morgan fingerprint density at radius 1 is 0.368 bits per heavy atom. The second-order valence-electron chi connectivity index (χ2n) is 16.4. The van der Waals surface area contributed by atoms with Gasteiger partial charge in [-0.25, -0.2) is 0 Å². The Kier molecular flexibility index (Phi) is 44.4. The van der Waals surface area contributed by atoms with E-state index >= 15 is 0 Å². The number of hydrogen-bond acceptors (Lipinski definition) is 6. The lowest BCUT2D eigenvalue weighted by atomic mass is 10.0. The van der Waals surface area contributed by atoms with Gasteiger partial charge in [-0.3, -0.25) is 14.4 Å². The maximum atomic E-state index is 12.7. The molecule has 6 heteroatoms. The molecular formula is C51H92O6. The van der Waals surface area contributed by atoms with E-state index in [1.807, 2.05) is 0 Å². The summed E-state index contributed by atoms with van der Waals surface area (Å²) < 4.78 is 16.7. The molecule has 0 aromatic carbocycles. The first-order chi connectivity index (χ1) is 28.0. The van der Waals surface area contributed by atoms with E-state index in [0.717, 1.165) is 83.5 Å². The van der Waals surface area contributed by atoms with Crippen LogP contribution in [0.5, 0.6) is 0 Å². The number of allylic oxidation sites excluding steroid dienone is 6. The highest BCUT2D eigenvalue weighted by Crippen LogP contribution is 2.16. The van der Waals surface area contributed by atoms with Crippen LogP contribution in [0.15, 0.2) is 36.5 Å². The van der Waals surface area contributed by atoms with Crippen molar-refractivity contribution >= 4 is 17.9 Å². The van der Waals surface area contributed by atoms with Crippen molar-refractivity contribution in [2.75, 3.05) is 13.2 Å². The third-order valence-electron chi connectivity index (χ3n) is 10.7. The van der Waals surface area contributed by atoms with E-state index in [0.29, 0.717) is 19.3 Å². The van der Waals surface area contributed by atoms with Gasteiger partial charge in [0, 0.05) is 19.3 Å². The molecule has 0 aromatic heterocycles. The average Bonchev–Trinajstić information content (AvgIpc) is 3.21. The van der Waals surface area contributed by atoms with Gasteiger partial charge >= 0.3 is 17.9 Å². The van der Waals surface area contributed by atoms with Crippen LogP contribution >= 0.6 is 0 Å². The topological polar surface area (TPSA) is 78.9 Å². The minimum atomic E-state index is -0.774. The third-order valence-corrected chi connectivity index (χ3v) is 10.7. The van der Waals surface area contributed by atoms with Crippen LogP contribution in [0.2, 0.25) is 0 Å². The number of ether oxygens (including phenoxy) is 3. The standard InChI is InChI=1S/C51H92O6/c1-4-7-10-13-16-19-22-25-28-31-34-37-40-43-49(52)55-46-48(57-51(54)45-42-39-36-33-30-27-24-21-18-15-12-9-6-3)47-56-50(53)44-41-38-35-32-29-26-23-20-17-14-11-8-5-2/h7,10,13,16,19,22,48H,4-6,8-9,11-12,14-15,17-18,20-21,23-47H2,1-3H3/b10-7+,16-13+,22-19+. The van der Waals surface area contributed by atoms with E-state index in [4.69, 9.17) is 14.2 Å².